The van der Waals surface area contributed by atoms with Crippen molar-refractivity contribution in [2.45, 2.75) is 31.2 Å². The summed E-state index contributed by atoms with van der Waals surface area (Å²) in [5.41, 5.74) is 6.07. The second kappa shape index (κ2) is 8.02. The van der Waals surface area contributed by atoms with E-state index in [2.05, 4.69) is 4.99 Å². The first-order chi connectivity index (χ1) is 11.3. The van der Waals surface area contributed by atoms with Crippen LogP contribution in [0.5, 0.6) is 0 Å². The van der Waals surface area contributed by atoms with Gasteiger partial charge >= 0.3 is 0 Å². The molecule has 132 valence electrons. The van der Waals surface area contributed by atoms with Gasteiger partial charge in [0.05, 0.1) is 0 Å². The normalized spacial score (nSPS) is 19.7. The summed E-state index contributed by atoms with van der Waals surface area (Å²) in [6.45, 7) is 2.22. The minimum Gasteiger partial charge on any atom is -0.341 e. The number of benzene rings is 1. The van der Waals surface area contributed by atoms with Crippen molar-refractivity contribution in [3.05, 3.63) is 35.1 Å². The molecule has 1 aromatic rings. The zero-order valence-electron chi connectivity index (χ0n) is 13.6. The fourth-order valence-electron chi connectivity index (χ4n) is 2.72. The molecule has 8 heteroatoms. The van der Waals surface area contributed by atoms with Crippen LogP contribution >= 0.6 is 11.8 Å². The van der Waals surface area contributed by atoms with Gasteiger partial charge in [-0.3, -0.25) is 9.79 Å². The second-order valence-electron chi connectivity index (χ2n) is 5.69. The summed E-state index contributed by atoms with van der Waals surface area (Å²) in [5.74, 6) is -1.63. The molecule has 2 unspecified atom stereocenters. The quantitative estimate of drug-likeness (QED) is 0.498. The van der Waals surface area contributed by atoms with Crippen LogP contribution in [0, 0.1) is 17.5 Å². The number of aliphatic imine (C=N–C) groups is 1. The smallest absolute Gasteiger partial charge is 0.162 e. The highest BCUT2D eigenvalue weighted by Gasteiger charge is 2.31. The molecule has 1 saturated heterocycles. The van der Waals surface area contributed by atoms with Gasteiger partial charge in [0.15, 0.2) is 17.4 Å². The molecular weight excluding hydrogens is 339 g/mol. The standard InChI is InChI=1S/C16H20F3N3OS/c1-9(23)16-22(3-4-24-16)15(21-2)7-11(20)5-10-6-13(18)14(19)8-12(10)17/h6,8,11,16H,3-5,7,20H2,1-2H3. The van der Waals surface area contributed by atoms with Crippen LogP contribution in [-0.4, -0.2) is 47.3 Å². The summed E-state index contributed by atoms with van der Waals surface area (Å²) in [4.78, 5) is 17.8. The maximum absolute atomic E-state index is 13.7. The van der Waals surface area contributed by atoms with Crippen LogP contribution in [0.3, 0.4) is 0 Å². The van der Waals surface area contributed by atoms with Crippen molar-refractivity contribution in [1.82, 2.24) is 4.90 Å². The number of halogens is 3. The van der Waals surface area contributed by atoms with Crippen molar-refractivity contribution < 1.29 is 18.0 Å². The fraction of sp³-hybridized carbons (Fsp3) is 0.500. The van der Waals surface area contributed by atoms with Crippen LogP contribution in [0.15, 0.2) is 17.1 Å². The first-order valence-corrected chi connectivity index (χ1v) is 8.61. The molecule has 4 nitrogen and oxygen atoms in total. The molecule has 0 aromatic heterocycles. The number of hydrogen-bond donors (Lipinski definition) is 1. The van der Waals surface area contributed by atoms with Gasteiger partial charge in [-0.05, 0) is 25.0 Å². The van der Waals surface area contributed by atoms with Crippen LogP contribution in [0.2, 0.25) is 0 Å². The Morgan fingerprint density at radius 3 is 2.67 bits per heavy atom. The number of Topliss-reactive ketones (excluding diaryl/α,β-unsaturated/α-hetero) is 1. The Kier molecular flexibility index (Phi) is 6.28. The molecule has 1 heterocycles. The number of thioether (sulfide) groups is 1. The Labute approximate surface area is 143 Å². The highest BCUT2D eigenvalue weighted by Crippen LogP contribution is 2.26. The van der Waals surface area contributed by atoms with Crippen LogP contribution in [-0.2, 0) is 11.2 Å². The average molecular weight is 359 g/mol. The van der Waals surface area contributed by atoms with E-state index in [9.17, 15) is 18.0 Å². The highest BCUT2D eigenvalue weighted by molar-refractivity contribution is 8.00. The molecule has 0 saturated carbocycles. The lowest BCUT2D eigenvalue weighted by Gasteiger charge is -2.27. The lowest BCUT2D eigenvalue weighted by Crippen LogP contribution is -2.41. The van der Waals surface area contributed by atoms with E-state index in [1.807, 2.05) is 4.90 Å². The molecule has 2 atom stereocenters. The van der Waals surface area contributed by atoms with E-state index >= 15 is 0 Å². The molecular formula is C16H20F3N3OS. The van der Waals surface area contributed by atoms with Crippen molar-refractivity contribution >= 4 is 23.4 Å². The number of nitrogens with zero attached hydrogens (tertiary/aromatic N) is 2. The highest BCUT2D eigenvalue weighted by atomic mass is 32.2. The molecule has 2 rings (SSSR count). The minimum absolute atomic E-state index is 0.0239. The van der Waals surface area contributed by atoms with Crippen molar-refractivity contribution in [3.8, 4) is 0 Å². The molecule has 1 aliphatic heterocycles. The third kappa shape index (κ3) is 4.30. The van der Waals surface area contributed by atoms with Gasteiger partial charge in [0.1, 0.15) is 17.0 Å². The lowest BCUT2D eigenvalue weighted by atomic mass is 10.0. The zero-order chi connectivity index (χ0) is 17.9. The molecule has 0 spiro atoms. The van der Waals surface area contributed by atoms with E-state index < -0.39 is 23.5 Å². The van der Waals surface area contributed by atoms with Crippen molar-refractivity contribution in [1.29, 1.82) is 0 Å². The number of ketones is 1. The van der Waals surface area contributed by atoms with E-state index in [0.717, 1.165) is 11.8 Å². The summed E-state index contributed by atoms with van der Waals surface area (Å²) >= 11 is 1.54. The van der Waals surface area contributed by atoms with Gasteiger partial charge in [-0.1, -0.05) is 0 Å². The molecule has 1 fully saturated rings. The van der Waals surface area contributed by atoms with Gasteiger partial charge in [0.2, 0.25) is 0 Å². The Morgan fingerprint density at radius 2 is 2.04 bits per heavy atom. The van der Waals surface area contributed by atoms with Crippen LogP contribution < -0.4 is 5.73 Å². The maximum Gasteiger partial charge on any atom is 0.162 e. The largest absolute Gasteiger partial charge is 0.341 e. The van der Waals surface area contributed by atoms with E-state index in [1.165, 1.54) is 6.92 Å². The summed E-state index contributed by atoms with van der Waals surface area (Å²) in [7, 11) is 1.61. The van der Waals surface area contributed by atoms with Gasteiger partial charge in [-0.2, -0.15) is 0 Å². The zero-order valence-corrected chi connectivity index (χ0v) is 14.4. The lowest BCUT2D eigenvalue weighted by molar-refractivity contribution is -0.118. The van der Waals surface area contributed by atoms with E-state index in [-0.39, 0.29) is 23.1 Å². The Balaban J connectivity index is 2.06. The van der Waals surface area contributed by atoms with Crippen molar-refractivity contribution in [2.24, 2.45) is 10.7 Å². The predicted octanol–water partition coefficient (Wildman–Crippen LogP) is 2.36. The number of carbonyl (C=O) groups is 1. The topological polar surface area (TPSA) is 58.7 Å². The monoisotopic (exact) mass is 359 g/mol. The molecule has 1 aromatic carbocycles. The summed E-state index contributed by atoms with van der Waals surface area (Å²) in [6.07, 6.45) is 0.368. The third-order valence-electron chi connectivity index (χ3n) is 3.84. The van der Waals surface area contributed by atoms with Crippen LogP contribution in [0.1, 0.15) is 18.9 Å². The molecule has 24 heavy (non-hydrogen) atoms. The SMILES string of the molecule is CN=C(CC(N)Cc1cc(F)c(F)cc1F)N1CCSC1C(C)=O. The molecule has 1 aliphatic rings. The number of carbonyl (C=O) groups excluding carboxylic acids is 1. The summed E-state index contributed by atoms with van der Waals surface area (Å²) in [5, 5.41) is -0.282. The molecule has 0 radical (unpaired) electrons. The van der Waals surface area contributed by atoms with Gasteiger partial charge in [0.25, 0.3) is 0 Å². The van der Waals surface area contributed by atoms with Crippen molar-refractivity contribution in [3.63, 3.8) is 0 Å². The third-order valence-corrected chi connectivity index (χ3v) is 5.17. The van der Waals surface area contributed by atoms with E-state index in [4.69, 9.17) is 5.73 Å². The van der Waals surface area contributed by atoms with Gasteiger partial charge in [0, 0.05) is 37.9 Å². The van der Waals surface area contributed by atoms with Crippen LogP contribution in [0.4, 0.5) is 13.2 Å². The summed E-state index contributed by atoms with van der Waals surface area (Å²) in [6, 6.07) is 0.827. The Bertz CT molecular complexity index is 654. The van der Waals surface area contributed by atoms with Crippen molar-refractivity contribution in [2.75, 3.05) is 19.3 Å². The Hall–Kier alpha value is -1.54. The summed E-state index contributed by atoms with van der Waals surface area (Å²) < 4.78 is 40.0. The van der Waals surface area contributed by atoms with Gasteiger partial charge < -0.3 is 10.6 Å². The number of hydrogen-bond acceptors (Lipinski definition) is 4. The maximum atomic E-state index is 13.7. The first-order valence-electron chi connectivity index (χ1n) is 7.56. The fourth-order valence-corrected chi connectivity index (χ4v) is 3.88. The molecule has 0 bridgehead atoms. The molecule has 0 aliphatic carbocycles. The number of nitrogens with two attached hydrogens (primary N) is 1. The predicted molar refractivity (Wildman–Crippen MR) is 89.6 cm³/mol. The van der Waals surface area contributed by atoms with Gasteiger partial charge in [-0.25, -0.2) is 13.2 Å². The minimum atomic E-state index is -1.22. The van der Waals surface area contributed by atoms with Crippen LogP contribution in [0.25, 0.3) is 0 Å². The number of amidine groups is 1. The average Bonchev–Trinajstić information content (AvgIpc) is 3.00. The Morgan fingerprint density at radius 1 is 1.38 bits per heavy atom. The van der Waals surface area contributed by atoms with E-state index in [1.54, 1.807) is 18.8 Å². The van der Waals surface area contributed by atoms with Gasteiger partial charge in [-0.15, -0.1) is 11.8 Å². The number of rotatable bonds is 5. The first kappa shape index (κ1) is 18.8. The second-order valence-corrected chi connectivity index (χ2v) is 6.88. The molecule has 2 N–H and O–H groups in total. The van der Waals surface area contributed by atoms with E-state index in [0.29, 0.717) is 24.9 Å². The molecule has 0 amide bonds.